The lowest BCUT2D eigenvalue weighted by Crippen LogP contribution is -2.28. The summed E-state index contributed by atoms with van der Waals surface area (Å²) in [6.45, 7) is -0.0324. The van der Waals surface area contributed by atoms with Crippen molar-refractivity contribution >= 4 is 35.0 Å². The summed E-state index contributed by atoms with van der Waals surface area (Å²) in [6.07, 6.45) is -4.47. The molecular weight excluding hydrogens is 294 g/mol. The second-order valence-corrected chi connectivity index (χ2v) is 5.39. The van der Waals surface area contributed by atoms with Crippen molar-refractivity contribution in [2.24, 2.45) is 5.73 Å². The minimum absolute atomic E-state index is 0.0324. The van der Waals surface area contributed by atoms with Crippen LogP contribution in [0, 0.1) is 0 Å². The summed E-state index contributed by atoms with van der Waals surface area (Å²) >= 11 is 12.2. The highest BCUT2D eigenvalue weighted by atomic mass is 35.5. The largest absolute Gasteiger partial charge is 0.400 e. The van der Waals surface area contributed by atoms with Gasteiger partial charge in [-0.15, -0.1) is 11.8 Å². The molecule has 0 saturated heterocycles. The predicted octanol–water partition coefficient (Wildman–Crippen LogP) is 4.37. The third-order valence-electron chi connectivity index (χ3n) is 1.96. The maximum absolute atomic E-state index is 12.7. The van der Waals surface area contributed by atoms with Crippen molar-refractivity contribution < 1.29 is 13.2 Å². The topological polar surface area (TPSA) is 26.0 Å². The predicted molar refractivity (Wildman–Crippen MR) is 65.8 cm³/mol. The van der Waals surface area contributed by atoms with Crippen molar-refractivity contribution in [1.82, 2.24) is 0 Å². The Hall–Kier alpha value is -0.100. The summed E-state index contributed by atoms with van der Waals surface area (Å²) in [5.41, 5.74) is 5.18. The van der Waals surface area contributed by atoms with Gasteiger partial charge in [0.05, 0.1) is 5.02 Å². The average molecular weight is 304 g/mol. The minimum Gasteiger partial charge on any atom is -0.330 e. The van der Waals surface area contributed by atoms with Crippen molar-refractivity contribution in [1.29, 1.82) is 0 Å². The molecule has 2 N–H and O–H groups in total. The van der Waals surface area contributed by atoms with Crippen LogP contribution in [0.5, 0.6) is 0 Å². The molecule has 1 atom stereocenters. The Morgan fingerprint density at radius 2 is 1.94 bits per heavy atom. The number of thioether (sulfide) groups is 1. The summed E-state index contributed by atoms with van der Waals surface area (Å²) < 4.78 is 38.0. The quantitative estimate of drug-likeness (QED) is 0.836. The highest BCUT2D eigenvalue weighted by Crippen LogP contribution is 2.40. The molecule has 0 spiro atoms. The summed E-state index contributed by atoms with van der Waals surface area (Å²) in [5, 5.41) is -0.959. The summed E-state index contributed by atoms with van der Waals surface area (Å²) in [5.74, 6) is 0. The van der Waals surface area contributed by atoms with Crippen LogP contribution in [-0.2, 0) is 0 Å². The molecule has 0 radical (unpaired) electrons. The van der Waals surface area contributed by atoms with Crippen LogP contribution in [0.1, 0.15) is 6.42 Å². The third kappa shape index (κ3) is 4.58. The van der Waals surface area contributed by atoms with E-state index < -0.39 is 11.4 Å². The highest BCUT2D eigenvalue weighted by molar-refractivity contribution is 8.00. The lowest BCUT2D eigenvalue weighted by molar-refractivity contribution is -0.129. The average Bonchev–Trinajstić information content (AvgIpc) is 2.21. The second kappa shape index (κ2) is 6.18. The number of alkyl halides is 3. The Morgan fingerprint density at radius 1 is 1.29 bits per heavy atom. The van der Waals surface area contributed by atoms with Crippen LogP contribution in [0.2, 0.25) is 10.0 Å². The lowest BCUT2D eigenvalue weighted by atomic mass is 10.3. The zero-order valence-electron chi connectivity index (χ0n) is 8.60. The van der Waals surface area contributed by atoms with E-state index in [4.69, 9.17) is 28.9 Å². The number of hydrogen-bond donors (Lipinski definition) is 1. The van der Waals surface area contributed by atoms with E-state index in [0.29, 0.717) is 21.7 Å². The van der Waals surface area contributed by atoms with Gasteiger partial charge in [-0.1, -0.05) is 23.2 Å². The van der Waals surface area contributed by atoms with Gasteiger partial charge in [-0.2, -0.15) is 13.2 Å². The molecule has 0 fully saturated rings. The third-order valence-corrected chi connectivity index (χ3v) is 4.01. The molecule has 0 aliphatic heterocycles. The van der Waals surface area contributed by atoms with Gasteiger partial charge >= 0.3 is 6.18 Å². The number of benzene rings is 1. The van der Waals surface area contributed by atoms with Crippen molar-refractivity contribution in [3.63, 3.8) is 0 Å². The number of rotatable bonds is 4. The smallest absolute Gasteiger partial charge is 0.330 e. The van der Waals surface area contributed by atoms with Crippen LogP contribution in [0.4, 0.5) is 13.2 Å². The summed E-state index contributed by atoms with van der Waals surface area (Å²) in [6, 6.07) is 4.42. The van der Waals surface area contributed by atoms with Crippen molar-refractivity contribution in [3.05, 3.63) is 28.2 Å². The first-order chi connectivity index (χ1) is 7.84. The van der Waals surface area contributed by atoms with E-state index in [-0.39, 0.29) is 18.0 Å². The van der Waals surface area contributed by atoms with E-state index in [1.54, 1.807) is 0 Å². The first-order valence-corrected chi connectivity index (χ1v) is 6.36. The van der Waals surface area contributed by atoms with Crippen molar-refractivity contribution in [3.8, 4) is 0 Å². The van der Waals surface area contributed by atoms with Gasteiger partial charge in [0.1, 0.15) is 5.25 Å². The molecule has 1 aromatic carbocycles. The molecule has 1 rings (SSSR count). The molecule has 0 aliphatic rings. The first kappa shape index (κ1) is 15.0. The van der Waals surface area contributed by atoms with Crippen molar-refractivity contribution in [2.45, 2.75) is 22.7 Å². The van der Waals surface area contributed by atoms with Crippen LogP contribution in [0.15, 0.2) is 23.1 Å². The standard InChI is InChI=1S/C10H10Cl2F3NS/c11-6-1-2-7(12)8(5-6)17-9(3-4-16)10(13,14)15/h1-2,5,9H,3-4,16H2. The van der Waals surface area contributed by atoms with Crippen LogP contribution >= 0.6 is 35.0 Å². The van der Waals surface area contributed by atoms with Gasteiger partial charge in [0, 0.05) is 9.92 Å². The molecule has 0 saturated carbocycles. The molecule has 1 aromatic rings. The fraction of sp³-hybridized carbons (Fsp3) is 0.400. The van der Waals surface area contributed by atoms with Crippen molar-refractivity contribution in [2.75, 3.05) is 6.54 Å². The van der Waals surface area contributed by atoms with E-state index in [9.17, 15) is 13.2 Å². The fourth-order valence-corrected chi connectivity index (χ4v) is 2.72. The Balaban J connectivity index is 2.89. The van der Waals surface area contributed by atoms with E-state index in [2.05, 4.69) is 0 Å². The van der Waals surface area contributed by atoms with Gasteiger partial charge in [0.15, 0.2) is 0 Å². The van der Waals surface area contributed by atoms with Crippen LogP contribution in [-0.4, -0.2) is 18.0 Å². The van der Waals surface area contributed by atoms with Gasteiger partial charge in [-0.25, -0.2) is 0 Å². The Morgan fingerprint density at radius 3 is 2.47 bits per heavy atom. The second-order valence-electron chi connectivity index (χ2n) is 3.30. The van der Waals surface area contributed by atoms with Crippen LogP contribution < -0.4 is 5.73 Å². The first-order valence-electron chi connectivity index (χ1n) is 4.73. The van der Waals surface area contributed by atoms with E-state index in [0.717, 1.165) is 0 Å². The monoisotopic (exact) mass is 303 g/mol. The zero-order chi connectivity index (χ0) is 13.1. The molecular formula is C10H10Cl2F3NS. The Labute approximate surface area is 111 Å². The molecule has 1 nitrogen and oxygen atoms in total. The SMILES string of the molecule is NCCC(Sc1cc(Cl)ccc1Cl)C(F)(F)F. The Bertz CT molecular complexity index is 384. The van der Waals surface area contributed by atoms with Crippen LogP contribution in [0.3, 0.4) is 0 Å². The zero-order valence-corrected chi connectivity index (χ0v) is 10.9. The van der Waals surface area contributed by atoms with Gasteiger partial charge in [-0.3, -0.25) is 0 Å². The molecule has 0 heterocycles. The van der Waals surface area contributed by atoms with E-state index >= 15 is 0 Å². The molecule has 0 aromatic heterocycles. The number of nitrogens with two attached hydrogens (primary N) is 1. The maximum atomic E-state index is 12.7. The molecule has 7 heteroatoms. The van der Waals surface area contributed by atoms with Gasteiger partial charge in [-0.05, 0) is 31.2 Å². The maximum Gasteiger partial charge on any atom is 0.400 e. The van der Waals surface area contributed by atoms with Gasteiger partial charge in [0.2, 0.25) is 0 Å². The molecule has 0 amide bonds. The molecule has 96 valence electrons. The van der Waals surface area contributed by atoms with Crippen LogP contribution in [0.25, 0.3) is 0 Å². The number of halogens is 5. The normalized spacial score (nSPS) is 13.8. The number of hydrogen-bond acceptors (Lipinski definition) is 2. The molecule has 17 heavy (non-hydrogen) atoms. The summed E-state index contributed by atoms with van der Waals surface area (Å²) in [7, 11) is 0. The van der Waals surface area contributed by atoms with E-state index in [1.807, 2.05) is 0 Å². The highest BCUT2D eigenvalue weighted by Gasteiger charge is 2.39. The summed E-state index contributed by atoms with van der Waals surface area (Å²) in [4.78, 5) is 0.315. The molecule has 0 aliphatic carbocycles. The Kier molecular flexibility index (Phi) is 5.44. The molecule has 0 bridgehead atoms. The van der Waals surface area contributed by atoms with E-state index in [1.165, 1.54) is 18.2 Å². The van der Waals surface area contributed by atoms with Gasteiger partial charge < -0.3 is 5.73 Å². The minimum atomic E-state index is -4.31. The molecule has 1 unspecified atom stereocenters. The lowest BCUT2D eigenvalue weighted by Gasteiger charge is -2.19. The fourth-order valence-electron chi connectivity index (χ4n) is 1.16. The van der Waals surface area contributed by atoms with Gasteiger partial charge in [0.25, 0.3) is 0 Å².